The molecule has 0 bridgehead atoms. The highest BCUT2D eigenvalue weighted by Gasteiger charge is 2.54. The molecule has 3 nitrogen and oxygen atoms in total. The Hall–Kier alpha value is -0.120. The van der Waals surface area contributed by atoms with Crippen LogP contribution in [0.4, 0.5) is 0 Å². The number of ether oxygens (including phenoxy) is 3. The minimum absolute atomic E-state index is 0.170. The molecule has 0 spiro atoms. The second-order valence-electron chi connectivity index (χ2n) is 5.29. The van der Waals surface area contributed by atoms with Crippen molar-refractivity contribution in [1.82, 2.24) is 0 Å². The van der Waals surface area contributed by atoms with Crippen molar-refractivity contribution >= 4 is 0 Å². The van der Waals surface area contributed by atoms with Gasteiger partial charge in [0, 0.05) is 20.1 Å². The highest BCUT2D eigenvalue weighted by molar-refractivity contribution is 4.97. The van der Waals surface area contributed by atoms with Crippen LogP contribution in [0.2, 0.25) is 0 Å². The van der Waals surface area contributed by atoms with Gasteiger partial charge in [-0.05, 0) is 26.2 Å². The smallest absolute Gasteiger partial charge is 0.196 e. The van der Waals surface area contributed by atoms with Gasteiger partial charge in [-0.25, -0.2) is 0 Å². The quantitative estimate of drug-likeness (QED) is 0.676. The minimum atomic E-state index is -0.562. The molecule has 1 aliphatic heterocycles. The Kier molecular flexibility index (Phi) is 3.80. The summed E-state index contributed by atoms with van der Waals surface area (Å²) in [6.45, 7) is 9.17. The van der Waals surface area contributed by atoms with Crippen LogP contribution in [-0.2, 0) is 14.2 Å². The van der Waals surface area contributed by atoms with Crippen LogP contribution >= 0.6 is 0 Å². The molecule has 0 aliphatic carbocycles. The highest BCUT2D eigenvalue weighted by Crippen LogP contribution is 2.44. The minimum Gasteiger partial charge on any atom is -0.369 e. The van der Waals surface area contributed by atoms with Gasteiger partial charge < -0.3 is 14.2 Å². The summed E-state index contributed by atoms with van der Waals surface area (Å²) >= 11 is 0. The topological polar surface area (TPSA) is 27.7 Å². The highest BCUT2D eigenvalue weighted by atomic mass is 16.7. The molecule has 90 valence electrons. The van der Waals surface area contributed by atoms with E-state index in [1.807, 2.05) is 0 Å². The lowest BCUT2D eigenvalue weighted by atomic mass is 9.80. The zero-order chi connectivity index (χ0) is 11.7. The van der Waals surface area contributed by atoms with Crippen molar-refractivity contribution in [3.8, 4) is 0 Å². The summed E-state index contributed by atoms with van der Waals surface area (Å²) in [5, 5.41) is 0. The molecule has 15 heavy (non-hydrogen) atoms. The van der Waals surface area contributed by atoms with E-state index in [-0.39, 0.29) is 11.5 Å². The van der Waals surface area contributed by atoms with E-state index in [2.05, 4.69) is 27.7 Å². The van der Waals surface area contributed by atoms with E-state index in [9.17, 15) is 0 Å². The van der Waals surface area contributed by atoms with Gasteiger partial charge in [-0.2, -0.15) is 0 Å². The molecule has 1 fully saturated rings. The molecule has 1 rings (SSSR count). The third kappa shape index (κ3) is 2.35. The van der Waals surface area contributed by atoms with Crippen LogP contribution < -0.4 is 0 Å². The Morgan fingerprint density at radius 1 is 1.27 bits per heavy atom. The lowest BCUT2D eigenvalue weighted by Gasteiger charge is -2.36. The monoisotopic (exact) mass is 216 g/mol. The molecular weight excluding hydrogens is 192 g/mol. The van der Waals surface area contributed by atoms with E-state index in [1.165, 1.54) is 0 Å². The van der Waals surface area contributed by atoms with Crippen LogP contribution in [-0.4, -0.2) is 32.2 Å². The molecule has 1 aliphatic rings. The summed E-state index contributed by atoms with van der Waals surface area (Å²) in [5.74, 6) is 0.328. The average molecular weight is 216 g/mol. The molecule has 1 heterocycles. The van der Waals surface area contributed by atoms with Crippen molar-refractivity contribution in [2.45, 2.75) is 45.5 Å². The van der Waals surface area contributed by atoms with Gasteiger partial charge in [0.2, 0.25) is 0 Å². The summed E-state index contributed by atoms with van der Waals surface area (Å²) in [6.07, 6.45) is 1.05. The van der Waals surface area contributed by atoms with Crippen molar-refractivity contribution in [1.29, 1.82) is 0 Å². The first kappa shape index (κ1) is 12.9. The predicted molar refractivity (Wildman–Crippen MR) is 59.7 cm³/mol. The van der Waals surface area contributed by atoms with Crippen molar-refractivity contribution < 1.29 is 14.2 Å². The van der Waals surface area contributed by atoms with Crippen LogP contribution in [0.3, 0.4) is 0 Å². The Morgan fingerprint density at radius 3 is 2.20 bits per heavy atom. The zero-order valence-corrected chi connectivity index (χ0v) is 10.8. The van der Waals surface area contributed by atoms with Crippen molar-refractivity contribution in [3.05, 3.63) is 0 Å². The van der Waals surface area contributed by atoms with Gasteiger partial charge in [-0.1, -0.05) is 13.8 Å². The maximum atomic E-state index is 5.80. The fourth-order valence-electron chi connectivity index (χ4n) is 2.44. The van der Waals surface area contributed by atoms with Crippen LogP contribution in [0.5, 0.6) is 0 Å². The molecule has 0 N–H and O–H groups in total. The van der Waals surface area contributed by atoms with E-state index in [1.54, 1.807) is 14.2 Å². The van der Waals surface area contributed by atoms with Crippen LogP contribution in [0.25, 0.3) is 0 Å². The van der Waals surface area contributed by atoms with Gasteiger partial charge in [0.1, 0.15) is 6.61 Å². The van der Waals surface area contributed by atoms with Crippen molar-refractivity contribution in [2.75, 3.05) is 20.8 Å². The summed E-state index contributed by atoms with van der Waals surface area (Å²) in [7, 11) is 3.39. The largest absolute Gasteiger partial charge is 0.369 e. The Balaban J connectivity index is 2.89. The van der Waals surface area contributed by atoms with Crippen molar-refractivity contribution in [3.63, 3.8) is 0 Å². The van der Waals surface area contributed by atoms with Crippen molar-refractivity contribution in [2.24, 2.45) is 11.8 Å². The van der Waals surface area contributed by atoms with E-state index >= 15 is 0 Å². The molecule has 0 saturated carbocycles. The maximum Gasteiger partial charge on any atom is 0.196 e. The molecule has 0 aromatic rings. The maximum absolute atomic E-state index is 5.80. The molecule has 1 atom stereocenters. The van der Waals surface area contributed by atoms with E-state index < -0.39 is 5.79 Å². The fourth-order valence-corrected chi connectivity index (χ4v) is 2.44. The van der Waals surface area contributed by atoms with Crippen LogP contribution in [0.15, 0.2) is 0 Å². The van der Waals surface area contributed by atoms with Gasteiger partial charge in [0.25, 0.3) is 0 Å². The number of methoxy groups -OCH3 is 2. The molecule has 3 heteroatoms. The van der Waals surface area contributed by atoms with E-state index in [0.717, 1.165) is 6.42 Å². The third-order valence-corrected chi connectivity index (χ3v) is 3.41. The first-order valence-corrected chi connectivity index (χ1v) is 5.62. The molecular formula is C12H24O3. The molecule has 0 radical (unpaired) electrons. The molecule has 0 amide bonds. The van der Waals surface area contributed by atoms with Gasteiger partial charge in [0.05, 0.1) is 5.60 Å². The van der Waals surface area contributed by atoms with Gasteiger partial charge in [0.15, 0.2) is 5.79 Å². The Bertz CT molecular complexity index is 207. The summed E-state index contributed by atoms with van der Waals surface area (Å²) in [6, 6.07) is 0. The average Bonchev–Trinajstić information content (AvgIpc) is 2.40. The third-order valence-electron chi connectivity index (χ3n) is 3.41. The Labute approximate surface area is 93.1 Å². The molecule has 1 unspecified atom stereocenters. The standard InChI is InChI=1S/C12H24O3/c1-9(2)7-10-11(3,4)15-8-12(10,13-5)14-6/h9-10H,7-8H2,1-6H3. The fraction of sp³-hybridized carbons (Fsp3) is 1.00. The number of rotatable bonds is 4. The second-order valence-corrected chi connectivity index (χ2v) is 5.29. The van der Waals surface area contributed by atoms with Gasteiger partial charge in [-0.15, -0.1) is 0 Å². The van der Waals surface area contributed by atoms with E-state index in [0.29, 0.717) is 12.5 Å². The van der Waals surface area contributed by atoms with Crippen LogP contribution in [0, 0.1) is 11.8 Å². The molecule has 1 saturated heterocycles. The molecule has 0 aromatic heterocycles. The predicted octanol–water partition coefficient (Wildman–Crippen LogP) is 2.45. The Morgan fingerprint density at radius 2 is 1.80 bits per heavy atom. The second kappa shape index (κ2) is 4.40. The lowest BCUT2D eigenvalue weighted by molar-refractivity contribution is -0.228. The summed E-state index contributed by atoms with van der Waals surface area (Å²) < 4.78 is 16.9. The summed E-state index contributed by atoms with van der Waals surface area (Å²) in [4.78, 5) is 0. The number of hydrogen-bond donors (Lipinski definition) is 0. The first-order chi connectivity index (χ1) is 6.88. The van der Waals surface area contributed by atoms with Gasteiger partial charge >= 0.3 is 0 Å². The first-order valence-electron chi connectivity index (χ1n) is 5.62. The SMILES string of the molecule is COC1(OC)COC(C)(C)C1CC(C)C. The normalized spacial score (nSPS) is 28.6. The number of hydrogen-bond acceptors (Lipinski definition) is 3. The van der Waals surface area contributed by atoms with Gasteiger partial charge in [-0.3, -0.25) is 0 Å². The zero-order valence-electron chi connectivity index (χ0n) is 10.8. The molecule has 0 aromatic carbocycles. The van der Waals surface area contributed by atoms with Crippen LogP contribution in [0.1, 0.15) is 34.1 Å². The van der Waals surface area contributed by atoms with E-state index in [4.69, 9.17) is 14.2 Å². The lowest BCUT2D eigenvalue weighted by Crippen LogP contribution is -2.46. The summed E-state index contributed by atoms with van der Waals surface area (Å²) in [5.41, 5.74) is -0.170.